The summed E-state index contributed by atoms with van der Waals surface area (Å²) < 4.78 is 39.2. The second-order valence-electron chi connectivity index (χ2n) is 7.00. The highest BCUT2D eigenvalue weighted by Crippen LogP contribution is 2.34. The first kappa shape index (κ1) is 21.4. The third kappa shape index (κ3) is 3.87. The number of carbonyl (C=O) groups is 3. The zero-order valence-electron chi connectivity index (χ0n) is 16.4. The number of nitrogens with zero attached hydrogens (tertiary/aromatic N) is 2. The lowest BCUT2D eigenvalue weighted by molar-refractivity contribution is -0.138. The summed E-state index contributed by atoms with van der Waals surface area (Å²) in [7, 11) is 0. The van der Waals surface area contributed by atoms with Gasteiger partial charge in [-0.15, -0.1) is 0 Å². The van der Waals surface area contributed by atoms with Crippen LogP contribution in [0.1, 0.15) is 25.0 Å². The molecule has 1 fully saturated rings. The molecule has 1 atom stereocenters. The Morgan fingerprint density at radius 3 is 2.37 bits per heavy atom. The number of rotatable bonds is 5. The highest BCUT2D eigenvalue weighted by Gasteiger charge is 2.50. The van der Waals surface area contributed by atoms with Crippen molar-refractivity contribution < 1.29 is 27.6 Å². The van der Waals surface area contributed by atoms with Crippen molar-refractivity contribution in [2.75, 3.05) is 18.0 Å². The number of imide groups is 1. The van der Waals surface area contributed by atoms with Crippen LogP contribution in [-0.2, 0) is 21.3 Å². The van der Waals surface area contributed by atoms with Gasteiger partial charge < -0.3 is 10.2 Å². The summed E-state index contributed by atoms with van der Waals surface area (Å²) in [6, 6.07) is 12.1. The maximum atomic E-state index is 13.1. The molecule has 158 valence electrons. The summed E-state index contributed by atoms with van der Waals surface area (Å²) in [5.74, 6) is -1.27. The van der Waals surface area contributed by atoms with Crippen molar-refractivity contribution in [3.8, 4) is 0 Å². The third-order valence-corrected chi connectivity index (χ3v) is 5.02. The molecule has 1 N–H and O–H groups in total. The molecule has 30 heavy (non-hydrogen) atoms. The van der Waals surface area contributed by atoms with Gasteiger partial charge in [-0.05, 0) is 43.7 Å². The average Bonchev–Trinajstić information content (AvgIpc) is 2.93. The first-order chi connectivity index (χ1) is 14.1. The van der Waals surface area contributed by atoms with E-state index in [1.54, 1.807) is 37.3 Å². The molecule has 9 heteroatoms. The van der Waals surface area contributed by atoms with Crippen molar-refractivity contribution >= 4 is 23.5 Å². The Morgan fingerprint density at radius 1 is 1.10 bits per heavy atom. The number of halogens is 3. The number of para-hydroxylation sites is 1. The molecule has 6 nitrogen and oxygen atoms in total. The molecular weight excluding hydrogens is 399 g/mol. The molecule has 2 aromatic carbocycles. The number of hydrogen-bond donors (Lipinski definition) is 1. The Labute approximate surface area is 171 Å². The van der Waals surface area contributed by atoms with Gasteiger partial charge in [0.15, 0.2) is 0 Å². The average molecular weight is 419 g/mol. The molecule has 0 aliphatic carbocycles. The monoisotopic (exact) mass is 419 g/mol. The van der Waals surface area contributed by atoms with Crippen LogP contribution in [0.5, 0.6) is 0 Å². The first-order valence-corrected chi connectivity index (χ1v) is 9.25. The van der Waals surface area contributed by atoms with Gasteiger partial charge in [-0.25, -0.2) is 4.79 Å². The SMILES string of the molecule is CCN(C(=O)CN1C(=O)N[C@@](C)(c2cccc(C(F)(F)F)c2)C1=O)c1ccccc1. The van der Waals surface area contributed by atoms with E-state index in [-0.39, 0.29) is 5.56 Å². The molecule has 1 aliphatic heterocycles. The van der Waals surface area contributed by atoms with E-state index in [0.717, 1.165) is 17.0 Å². The molecule has 2 aromatic rings. The molecule has 3 rings (SSSR count). The second kappa shape index (κ2) is 7.81. The van der Waals surface area contributed by atoms with Crippen molar-refractivity contribution in [2.45, 2.75) is 25.6 Å². The predicted octanol–water partition coefficient (Wildman–Crippen LogP) is 3.53. The van der Waals surface area contributed by atoms with Crippen molar-refractivity contribution in [3.63, 3.8) is 0 Å². The summed E-state index contributed by atoms with van der Waals surface area (Å²) in [6.45, 7) is 2.87. The normalized spacial score (nSPS) is 19.0. The van der Waals surface area contributed by atoms with Crippen molar-refractivity contribution in [1.82, 2.24) is 10.2 Å². The van der Waals surface area contributed by atoms with Gasteiger partial charge in [-0.3, -0.25) is 14.5 Å². The van der Waals surface area contributed by atoms with Gasteiger partial charge in [0.2, 0.25) is 5.91 Å². The number of hydrogen-bond acceptors (Lipinski definition) is 3. The largest absolute Gasteiger partial charge is 0.416 e. The van der Waals surface area contributed by atoms with Gasteiger partial charge in [-0.2, -0.15) is 13.2 Å². The number of urea groups is 1. The standard InChI is InChI=1S/C21H20F3N3O3/c1-3-26(16-10-5-4-6-11-16)17(28)13-27-18(29)20(2,25-19(27)30)14-8-7-9-15(12-14)21(22,23)24/h4-12H,3,13H2,1-2H3,(H,25,30)/t20-/m0/s1. The van der Waals surface area contributed by atoms with E-state index in [1.807, 2.05) is 0 Å². The third-order valence-electron chi connectivity index (χ3n) is 5.02. The molecule has 1 aliphatic rings. The predicted molar refractivity (Wildman–Crippen MR) is 104 cm³/mol. The first-order valence-electron chi connectivity index (χ1n) is 9.25. The molecule has 0 radical (unpaired) electrons. The molecule has 0 spiro atoms. The molecule has 4 amide bonds. The number of alkyl halides is 3. The van der Waals surface area contributed by atoms with E-state index < -0.39 is 41.7 Å². The van der Waals surface area contributed by atoms with E-state index in [9.17, 15) is 27.6 Å². The lowest BCUT2D eigenvalue weighted by Gasteiger charge is -2.25. The van der Waals surface area contributed by atoms with Crippen LogP contribution in [0.3, 0.4) is 0 Å². The van der Waals surface area contributed by atoms with E-state index in [0.29, 0.717) is 12.2 Å². The Balaban J connectivity index is 1.85. The molecule has 0 aromatic heterocycles. The van der Waals surface area contributed by atoms with Crippen LogP contribution in [0.25, 0.3) is 0 Å². The van der Waals surface area contributed by atoms with Crippen LogP contribution in [0, 0.1) is 0 Å². The number of carbonyl (C=O) groups excluding carboxylic acids is 3. The molecule has 0 unspecified atom stereocenters. The lowest BCUT2D eigenvalue weighted by Crippen LogP contribution is -2.44. The fraction of sp³-hybridized carbons (Fsp3) is 0.286. The van der Waals surface area contributed by atoms with Crippen LogP contribution in [0.15, 0.2) is 54.6 Å². The van der Waals surface area contributed by atoms with Crippen molar-refractivity contribution in [1.29, 1.82) is 0 Å². The summed E-state index contributed by atoms with van der Waals surface area (Å²) in [5, 5.41) is 2.43. The molecular formula is C21H20F3N3O3. The van der Waals surface area contributed by atoms with Gasteiger partial charge in [0.25, 0.3) is 5.91 Å². The highest BCUT2D eigenvalue weighted by molar-refractivity contribution is 6.10. The van der Waals surface area contributed by atoms with Gasteiger partial charge in [0.1, 0.15) is 12.1 Å². The van der Waals surface area contributed by atoms with E-state index in [2.05, 4.69) is 5.32 Å². The number of amides is 4. The van der Waals surface area contributed by atoms with Crippen molar-refractivity contribution in [3.05, 3.63) is 65.7 Å². The Kier molecular flexibility index (Phi) is 5.56. The topological polar surface area (TPSA) is 69.7 Å². The summed E-state index contributed by atoms with van der Waals surface area (Å²) in [6.07, 6.45) is -4.59. The molecule has 0 saturated carbocycles. The van der Waals surface area contributed by atoms with Crippen LogP contribution >= 0.6 is 0 Å². The zero-order chi connectivity index (χ0) is 22.1. The fourth-order valence-corrected chi connectivity index (χ4v) is 3.37. The maximum absolute atomic E-state index is 13.1. The van der Waals surface area contributed by atoms with E-state index in [4.69, 9.17) is 0 Å². The van der Waals surface area contributed by atoms with Crippen LogP contribution in [0.4, 0.5) is 23.7 Å². The van der Waals surface area contributed by atoms with Gasteiger partial charge in [-0.1, -0.05) is 30.3 Å². The minimum Gasteiger partial charge on any atom is -0.319 e. The van der Waals surface area contributed by atoms with Crippen LogP contribution in [0.2, 0.25) is 0 Å². The molecule has 1 saturated heterocycles. The number of likely N-dealkylation sites (N-methyl/N-ethyl adjacent to an activating group) is 1. The summed E-state index contributed by atoms with van der Waals surface area (Å²) in [5.41, 5.74) is -2.04. The van der Waals surface area contributed by atoms with E-state index in [1.165, 1.54) is 24.0 Å². The number of anilines is 1. The Hall–Kier alpha value is -3.36. The van der Waals surface area contributed by atoms with Crippen LogP contribution < -0.4 is 10.2 Å². The van der Waals surface area contributed by atoms with Gasteiger partial charge in [0, 0.05) is 12.2 Å². The smallest absolute Gasteiger partial charge is 0.319 e. The quantitative estimate of drug-likeness (QED) is 0.754. The number of nitrogens with one attached hydrogen (secondary N) is 1. The minimum absolute atomic E-state index is 0.0129. The highest BCUT2D eigenvalue weighted by atomic mass is 19.4. The summed E-state index contributed by atoms with van der Waals surface area (Å²) >= 11 is 0. The zero-order valence-corrected chi connectivity index (χ0v) is 16.4. The summed E-state index contributed by atoms with van der Waals surface area (Å²) in [4.78, 5) is 40.3. The second-order valence-corrected chi connectivity index (χ2v) is 7.00. The maximum Gasteiger partial charge on any atom is 0.416 e. The number of benzene rings is 2. The Bertz CT molecular complexity index is 978. The lowest BCUT2D eigenvalue weighted by atomic mass is 9.90. The fourth-order valence-electron chi connectivity index (χ4n) is 3.37. The van der Waals surface area contributed by atoms with Gasteiger partial charge in [0.05, 0.1) is 5.56 Å². The van der Waals surface area contributed by atoms with Gasteiger partial charge >= 0.3 is 12.2 Å². The molecule has 1 heterocycles. The Morgan fingerprint density at radius 2 is 1.77 bits per heavy atom. The van der Waals surface area contributed by atoms with Crippen molar-refractivity contribution in [2.24, 2.45) is 0 Å². The molecule has 0 bridgehead atoms. The van der Waals surface area contributed by atoms with E-state index >= 15 is 0 Å². The van der Waals surface area contributed by atoms with Crippen LogP contribution in [-0.4, -0.2) is 35.8 Å². The minimum atomic E-state index is -4.59.